The van der Waals surface area contributed by atoms with Gasteiger partial charge in [0.1, 0.15) is 11.5 Å². The molecule has 5 heteroatoms. The minimum atomic E-state index is -0.0598. The molecule has 0 spiro atoms. The van der Waals surface area contributed by atoms with E-state index in [-0.39, 0.29) is 5.91 Å². The van der Waals surface area contributed by atoms with Gasteiger partial charge < -0.3 is 15.1 Å². The maximum atomic E-state index is 12.2. The largest absolute Gasteiger partial charge is 0.459 e. The predicted octanol–water partition coefficient (Wildman–Crippen LogP) is 5.60. The van der Waals surface area contributed by atoms with E-state index in [1.807, 2.05) is 60.7 Å². The molecule has 0 fully saturated rings. The molecule has 3 aromatic rings. The Morgan fingerprint density at radius 2 is 1.85 bits per heavy atom. The molecule has 0 aliphatic carbocycles. The highest BCUT2D eigenvalue weighted by atomic mass is 35.5. The lowest BCUT2D eigenvalue weighted by atomic mass is 10.1. The molecule has 0 bridgehead atoms. The van der Waals surface area contributed by atoms with Gasteiger partial charge in [-0.2, -0.15) is 0 Å². The van der Waals surface area contributed by atoms with Crippen LogP contribution in [0.3, 0.4) is 0 Å². The van der Waals surface area contributed by atoms with Crippen LogP contribution in [0.4, 0.5) is 5.69 Å². The average molecular weight is 383 g/mol. The molecule has 3 rings (SSSR count). The molecular weight excluding hydrogens is 360 g/mol. The van der Waals surface area contributed by atoms with Crippen molar-refractivity contribution in [3.05, 3.63) is 77.0 Å². The molecule has 2 aromatic carbocycles. The second-order valence-corrected chi connectivity index (χ2v) is 7.25. The molecule has 27 heavy (non-hydrogen) atoms. The van der Waals surface area contributed by atoms with Gasteiger partial charge >= 0.3 is 0 Å². The molecule has 0 saturated carbocycles. The molecule has 1 amide bonds. The normalized spacial score (nSPS) is 10.8. The van der Waals surface area contributed by atoms with Gasteiger partial charge in [-0.05, 0) is 60.5 Å². The van der Waals surface area contributed by atoms with Crippen molar-refractivity contribution in [1.82, 2.24) is 5.32 Å². The third-order valence-electron chi connectivity index (χ3n) is 4.05. The van der Waals surface area contributed by atoms with Gasteiger partial charge in [0.05, 0.1) is 6.54 Å². The lowest BCUT2D eigenvalue weighted by Gasteiger charge is -2.09. The number of carbonyl (C=O) groups excluding carboxylic acids is 1. The minimum Gasteiger partial charge on any atom is -0.459 e. The standard InChI is InChI=1S/C22H23ClN2O2/c1-15(2)13-25-22(26)17-4-3-5-19(12-17)24-14-20-10-11-21(27-20)16-6-8-18(23)9-7-16/h3-12,15,24H,13-14H2,1-2H3,(H,25,26). The summed E-state index contributed by atoms with van der Waals surface area (Å²) in [5, 5.41) is 6.93. The summed E-state index contributed by atoms with van der Waals surface area (Å²) in [6.07, 6.45) is 0. The smallest absolute Gasteiger partial charge is 0.251 e. The zero-order chi connectivity index (χ0) is 19.2. The number of halogens is 1. The number of hydrogen-bond acceptors (Lipinski definition) is 3. The van der Waals surface area contributed by atoms with E-state index in [0.717, 1.165) is 22.8 Å². The third kappa shape index (κ3) is 5.38. The van der Waals surface area contributed by atoms with Crippen molar-refractivity contribution < 1.29 is 9.21 Å². The fraction of sp³-hybridized carbons (Fsp3) is 0.227. The van der Waals surface area contributed by atoms with Gasteiger partial charge in [0.25, 0.3) is 5.91 Å². The van der Waals surface area contributed by atoms with Gasteiger partial charge in [0, 0.05) is 28.4 Å². The van der Waals surface area contributed by atoms with Crippen molar-refractivity contribution in [2.75, 3.05) is 11.9 Å². The summed E-state index contributed by atoms with van der Waals surface area (Å²) in [6, 6.07) is 18.9. The summed E-state index contributed by atoms with van der Waals surface area (Å²) in [6.45, 7) is 5.33. The van der Waals surface area contributed by atoms with E-state index in [1.54, 1.807) is 0 Å². The van der Waals surface area contributed by atoms with Gasteiger partial charge in [-0.25, -0.2) is 0 Å². The first-order chi connectivity index (χ1) is 13.0. The highest BCUT2D eigenvalue weighted by Crippen LogP contribution is 2.24. The number of benzene rings is 2. The van der Waals surface area contributed by atoms with Gasteiger partial charge in [-0.3, -0.25) is 4.79 Å². The molecule has 2 N–H and O–H groups in total. The van der Waals surface area contributed by atoms with Crippen molar-refractivity contribution in [3.63, 3.8) is 0 Å². The van der Waals surface area contributed by atoms with E-state index in [1.165, 1.54) is 0 Å². The van der Waals surface area contributed by atoms with Crippen molar-refractivity contribution in [2.24, 2.45) is 5.92 Å². The Bertz CT molecular complexity index is 901. The van der Waals surface area contributed by atoms with Crippen molar-refractivity contribution in [2.45, 2.75) is 20.4 Å². The van der Waals surface area contributed by atoms with Crippen LogP contribution in [-0.4, -0.2) is 12.5 Å². The van der Waals surface area contributed by atoms with Crippen LogP contribution in [0.25, 0.3) is 11.3 Å². The van der Waals surface area contributed by atoms with E-state index in [4.69, 9.17) is 16.0 Å². The van der Waals surface area contributed by atoms with Crippen LogP contribution in [0.15, 0.2) is 65.1 Å². The molecular formula is C22H23ClN2O2. The Labute approximate surface area is 164 Å². The minimum absolute atomic E-state index is 0.0598. The van der Waals surface area contributed by atoms with Crippen LogP contribution in [-0.2, 0) is 6.54 Å². The van der Waals surface area contributed by atoms with Crippen molar-refractivity contribution in [1.29, 1.82) is 0 Å². The molecule has 4 nitrogen and oxygen atoms in total. The molecule has 0 atom stereocenters. The zero-order valence-electron chi connectivity index (χ0n) is 15.5. The third-order valence-corrected chi connectivity index (χ3v) is 4.30. The van der Waals surface area contributed by atoms with Crippen molar-refractivity contribution >= 4 is 23.2 Å². The van der Waals surface area contributed by atoms with Crippen LogP contribution < -0.4 is 10.6 Å². The SMILES string of the molecule is CC(C)CNC(=O)c1cccc(NCc2ccc(-c3ccc(Cl)cc3)o2)c1. The Kier molecular flexibility index (Phi) is 6.20. The summed E-state index contributed by atoms with van der Waals surface area (Å²) in [5.41, 5.74) is 2.49. The second kappa shape index (κ2) is 8.78. The maximum absolute atomic E-state index is 12.2. The molecule has 0 unspecified atom stereocenters. The molecule has 0 aliphatic heterocycles. The highest BCUT2D eigenvalue weighted by molar-refractivity contribution is 6.30. The molecule has 0 saturated heterocycles. The number of amides is 1. The van der Waals surface area contributed by atoms with Crippen LogP contribution in [0, 0.1) is 5.92 Å². The summed E-state index contributed by atoms with van der Waals surface area (Å²) >= 11 is 5.92. The Balaban J connectivity index is 1.61. The molecule has 1 heterocycles. The average Bonchev–Trinajstić information content (AvgIpc) is 3.14. The van der Waals surface area contributed by atoms with E-state index in [0.29, 0.717) is 29.6 Å². The molecule has 1 aromatic heterocycles. The number of rotatable bonds is 7. The quantitative estimate of drug-likeness (QED) is 0.559. The van der Waals surface area contributed by atoms with Gasteiger partial charge in [-0.1, -0.05) is 31.5 Å². The number of carbonyl (C=O) groups is 1. The molecule has 0 aliphatic rings. The summed E-state index contributed by atoms with van der Waals surface area (Å²) in [5.74, 6) is 1.97. The van der Waals surface area contributed by atoms with E-state index >= 15 is 0 Å². The molecule has 140 valence electrons. The zero-order valence-corrected chi connectivity index (χ0v) is 16.2. The van der Waals surface area contributed by atoms with Crippen LogP contribution in [0.5, 0.6) is 0 Å². The fourth-order valence-electron chi connectivity index (χ4n) is 2.60. The summed E-state index contributed by atoms with van der Waals surface area (Å²) in [4.78, 5) is 12.2. The van der Waals surface area contributed by atoms with Gasteiger partial charge in [-0.15, -0.1) is 0 Å². The van der Waals surface area contributed by atoms with Crippen molar-refractivity contribution in [3.8, 4) is 11.3 Å². The van der Waals surface area contributed by atoms with Gasteiger partial charge in [0.2, 0.25) is 0 Å². The molecule has 0 radical (unpaired) electrons. The highest BCUT2D eigenvalue weighted by Gasteiger charge is 2.08. The fourth-order valence-corrected chi connectivity index (χ4v) is 2.73. The topological polar surface area (TPSA) is 54.3 Å². The second-order valence-electron chi connectivity index (χ2n) is 6.81. The summed E-state index contributed by atoms with van der Waals surface area (Å²) < 4.78 is 5.89. The first kappa shape index (κ1) is 19.1. The van der Waals surface area contributed by atoms with Crippen LogP contribution in [0.2, 0.25) is 5.02 Å². The Hall–Kier alpha value is -2.72. The number of anilines is 1. The number of furan rings is 1. The van der Waals surface area contributed by atoms with E-state index < -0.39 is 0 Å². The first-order valence-electron chi connectivity index (χ1n) is 8.98. The van der Waals surface area contributed by atoms with Gasteiger partial charge in [0.15, 0.2) is 0 Å². The maximum Gasteiger partial charge on any atom is 0.251 e. The predicted molar refractivity (Wildman–Crippen MR) is 110 cm³/mol. The first-order valence-corrected chi connectivity index (χ1v) is 9.36. The van der Waals surface area contributed by atoms with Crippen LogP contribution >= 0.6 is 11.6 Å². The van der Waals surface area contributed by atoms with Crippen LogP contribution in [0.1, 0.15) is 30.0 Å². The monoisotopic (exact) mass is 382 g/mol. The summed E-state index contributed by atoms with van der Waals surface area (Å²) in [7, 11) is 0. The number of hydrogen-bond donors (Lipinski definition) is 2. The van der Waals surface area contributed by atoms with E-state index in [2.05, 4.69) is 24.5 Å². The number of nitrogens with one attached hydrogen (secondary N) is 2. The van der Waals surface area contributed by atoms with E-state index in [9.17, 15) is 4.79 Å². The lowest BCUT2D eigenvalue weighted by molar-refractivity contribution is 0.0949. The lowest BCUT2D eigenvalue weighted by Crippen LogP contribution is -2.27. The Morgan fingerprint density at radius 3 is 2.59 bits per heavy atom. The Morgan fingerprint density at radius 1 is 1.07 bits per heavy atom.